The second-order valence-electron chi connectivity index (χ2n) is 3.99. The maximum absolute atomic E-state index is 12.4. The van der Waals surface area contributed by atoms with Crippen molar-refractivity contribution in [3.05, 3.63) is 46.7 Å². The SMILES string of the molecule is COc1cc(C(=O)c2cnccc2N)cc(Cl)c1OC. The van der Waals surface area contributed by atoms with Crippen molar-refractivity contribution in [2.24, 2.45) is 0 Å². The lowest BCUT2D eigenvalue weighted by atomic mass is 10.0. The van der Waals surface area contributed by atoms with Gasteiger partial charge in [0.05, 0.1) is 24.8 Å². The van der Waals surface area contributed by atoms with Crippen LogP contribution in [0.1, 0.15) is 15.9 Å². The van der Waals surface area contributed by atoms with Crippen LogP contribution in [0.4, 0.5) is 5.69 Å². The van der Waals surface area contributed by atoms with Gasteiger partial charge >= 0.3 is 0 Å². The van der Waals surface area contributed by atoms with Crippen LogP contribution in [0.3, 0.4) is 0 Å². The highest BCUT2D eigenvalue weighted by atomic mass is 35.5. The molecule has 20 heavy (non-hydrogen) atoms. The molecule has 2 rings (SSSR count). The molecular weight excluding hydrogens is 280 g/mol. The van der Waals surface area contributed by atoms with Crippen molar-refractivity contribution in [2.75, 3.05) is 20.0 Å². The normalized spacial score (nSPS) is 10.2. The number of hydrogen-bond donors (Lipinski definition) is 1. The lowest BCUT2D eigenvalue weighted by Crippen LogP contribution is -2.06. The molecule has 0 atom stereocenters. The molecule has 0 unspecified atom stereocenters. The Labute approximate surface area is 121 Å². The van der Waals surface area contributed by atoms with Gasteiger partial charge in [-0.1, -0.05) is 11.6 Å². The number of nitrogen functional groups attached to an aromatic ring is 1. The molecule has 5 nitrogen and oxygen atoms in total. The third-order valence-corrected chi connectivity index (χ3v) is 3.08. The van der Waals surface area contributed by atoms with E-state index >= 15 is 0 Å². The van der Waals surface area contributed by atoms with Gasteiger partial charge in [-0.3, -0.25) is 9.78 Å². The van der Waals surface area contributed by atoms with Crippen molar-refractivity contribution in [1.82, 2.24) is 4.98 Å². The predicted molar refractivity (Wildman–Crippen MR) is 76.6 cm³/mol. The van der Waals surface area contributed by atoms with Crippen LogP contribution in [0, 0.1) is 0 Å². The Morgan fingerprint density at radius 2 is 2.05 bits per heavy atom. The third kappa shape index (κ3) is 2.53. The number of nitrogens with zero attached hydrogens (tertiary/aromatic N) is 1. The zero-order valence-electron chi connectivity index (χ0n) is 11.0. The molecule has 1 aromatic carbocycles. The summed E-state index contributed by atoms with van der Waals surface area (Å²) in [6.07, 6.45) is 2.94. The highest BCUT2D eigenvalue weighted by Crippen LogP contribution is 2.36. The highest BCUT2D eigenvalue weighted by molar-refractivity contribution is 6.33. The van der Waals surface area contributed by atoms with E-state index in [2.05, 4.69) is 4.98 Å². The number of nitrogens with two attached hydrogens (primary N) is 1. The van der Waals surface area contributed by atoms with Gasteiger partial charge in [0.15, 0.2) is 17.3 Å². The maximum Gasteiger partial charge on any atom is 0.196 e. The number of pyridine rings is 1. The van der Waals surface area contributed by atoms with Crippen molar-refractivity contribution in [3.63, 3.8) is 0 Å². The molecule has 0 saturated heterocycles. The summed E-state index contributed by atoms with van der Waals surface area (Å²) >= 11 is 6.08. The van der Waals surface area contributed by atoms with E-state index in [-0.39, 0.29) is 10.8 Å². The fourth-order valence-electron chi connectivity index (χ4n) is 1.80. The molecule has 0 bridgehead atoms. The molecule has 0 aliphatic heterocycles. The largest absolute Gasteiger partial charge is 0.493 e. The van der Waals surface area contributed by atoms with E-state index in [4.69, 9.17) is 26.8 Å². The molecule has 0 aliphatic carbocycles. The Balaban J connectivity index is 2.51. The number of halogens is 1. The molecule has 0 saturated carbocycles. The summed E-state index contributed by atoms with van der Waals surface area (Å²) in [4.78, 5) is 16.3. The van der Waals surface area contributed by atoms with Crippen LogP contribution < -0.4 is 15.2 Å². The zero-order chi connectivity index (χ0) is 14.7. The van der Waals surface area contributed by atoms with Gasteiger partial charge in [0.25, 0.3) is 0 Å². The number of ketones is 1. The van der Waals surface area contributed by atoms with Crippen molar-refractivity contribution in [3.8, 4) is 11.5 Å². The van der Waals surface area contributed by atoms with Crippen LogP contribution in [0.5, 0.6) is 11.5 Å². The lowest BCUT2D eigenvalue weighted by Gasteiger charge is -2.11. The number of methoxy groups -OCH3 is 2. The van der Waals surface area contributed by atoms with E-state index in [9.17, 15) is 4.79 Å². The van der Waals surface area contributed by atoms with Crippen LogP contribution in [0.15, 0.2) is 30.6 Å². The first-order valence-electron chi connectivity index (χ1n) is 5.74. The summed E-state index contributed by atoms with van der Waals surface area (Å²) in [6, 6.07) is 4.63. The summed E-state index contributed by atoms with van der Waals surface area (Å²) in [7, 11) is 2.95. The molecular formula is C14H13ClN2O3. The maximum atomic E-state index is 12.4. The smallest absolute Gasteiger partial charge is 0.196 e. The molecule has 2 aromatic rings. The van der Waals surface area contributed by atoms with E-state index < -0.39 is 0 Å². The Morgan fingerprint density at radius 1 is 1.30 bits per heavy atom. The molecule has 0 fully saturated rings. The van der Waals surface area contributed by atoms with E-state index in [1.807, 2.05) is 0 Å². The number of carbonyl (C=O) groups is 1. The summed E-state index contributed by atoms with van der Waals surface area (Å²) in [6.45, 7) is 0. The van der Waals surface area contributed by atoms with Crippen molar-refractivity contribution < 1.29 is 14.3 Å². The van der Waals surface area contributed by atoms with Gasteiger partial charge in [-0.2, -0.15) is 0 Å². The van der Waals surface area contributed by atoms with Crippen molar-refractivity contribution in [2.45, 2.75) is 0 Å². The molecule has 0 amide bonds. The number of rotatable bonds is 4. The zero-order valence-corrected chi connectivity index (χ0v) is 11.8. The molecule has 0 radical (unpaired) electrons. The van der Waals surface area contributed by atoms with Crippen LogP contribution in [-0.2, 0) is 0 Å². The first-order chi connectivity index (χ1) is 9.58. The number of carbonyl (C=O) groups excluding carboxylic acids is 1. The Bertz CT molecular complexity index is 659. The molecule has 0 spiro atoms. The molecule has 2 N–H and O–H groups in total. The second-order valence-corrected chi connectivity index (χ2v) is 4.39. The van der Waals surface area contributed by atoms with Crippen LogP contribution >= 0.6 is 11.6 Å². The third-order valence-electron chi connectivity index (χ3n) is 2.80. The summed E-state index contributed by atoms with van der Waals surface area (Å²) in [5, 5.41) is 0.290. The predicted octanol–water partition coefficient (Wildman–Crippen LogP) is 2.57. The van der Waals surface area contributed by atoms with Gasteiger partial charge in [-0.15, -0.1) is 0 Å². The topological polar surface area (TPSA) is 74.4 Å². The Kier molecular flexibility index (Phi) is 4.10. The summed E-state index contributed by atoms with van der Waals surface area (Å²) in [5.74, 6) is 0.481. The van der Waals surface area contributed by atoms with Gasteiger partial charge < -0.3 is 15.2 Å². The Hall–Kier alpha value is -2.27. The van der Waals surface area contributed by atoms with Gasteiger partial charge in [0.2, 0.25) is 0 Å². The van der Waals surface area contributed by atoms with Crippen LogP contribution in [0.2, 0.25) is 5.02 Å². The second kappa shape index (κ2) is 5.79. The minimum Gasteiger partial charge on any atom is -0.493 e. The van der Waals surface area contributed by atoms with E-state index in [1.54, 1.807) is 12.1 Å². The van der Waals surface area contributed by atoms with Crippen molar-refractivity contribution in [1.29, 1.82) is 0 Å². The standard InChI is InChI=1S/C14H13ClN2O3/c1-19-12-6-8(5-10(15)14(12)20-2)13(18)9-7-17-4-3-11(9)16/h3-7H,1-2H3,(H2,16,17). The summed E-state index contributed by atoms with van der Waals surface area (Å²) in [5.41, 5.74) is 6.80. The molecule has 0 aliphatic rings. The van der Waals surface area contributed by atoms with E-state index in [0.29, 0.717) is 28.3 Å². The number of ether oxygens (including phenoxy) is 2. The summed E-state index contributed by atoms with van der Waals surface area (Å²) < 4.78 is 10.3. The first kappa shape index (κ1) is 14.1. The van der Waals surface area contributed by atoms with E-state index in [1.165, 1.54) is 32.7 Å². The molecule has 1 heterocycles. The van der Waals surface area contributed by atoms with Crippen LogP contribution in [-0.4, -0.2) is 25.0 Å². The Morgan fingerprint density at radius 3 is 2.65 bits per heavy atom. The van der Waals surface area contributed by atoms with Gasteiger partial charge in [-0.05, 0) is 18.2 Å². The molecule has 6 heteroatoms. The quantitative estimate of drug-likeness (QED) is 0.877. The van der Waals surface area contributed by atoms with Gasteiger partial charge in [0.1, 0.15) is 0 Å². The number of aromatic nitrogens is 1. The number of benzene rings is 1. The average Bonchev–Trinajstić information content (AvgIpc) is 2.46. The fourth-order valence-corrected chi connectivity index (χ4v) is 2.09. The van der Waals surface area contributed by atoms with Crippen molar-refractivity contribution >= 4 is 23.1 Å². The van der Waals surface area contributed by atoms with E-state index in [0.717, 1.165) is 0 Å². The lowest BCUT2D eigenvalue weighted by molar-refractivity contribution is 0.103. The number of hydrogen-bond acceptors (Lipinski definition) is 5. The fraction of sp³-hybridized carbons (Fsp3) is 0.143. The first-order valence-corrected chi connectivity index (χ1v) is 6.12. The average molecular weight is 293 g/mol. The minimum atomic E-state index is -0.279. The van der Waals surface area contributed by atoms with Gasteiger partial charge in [-0.25, -0.2) is 0 Å². The number of anilines is 1. The molecule has 104 valence electrons. The molecule has 1 aromatic heterocycles. The van der Waals surface area contributed by atoms with Gasteiger partial charge in [0, 0.05) is 23.6 Å². The highest BCUT2D eigenvalue weighted by Gasteiger charge is 2.18. The monoisotopic (exact) mass is 292 g/mol. The minimum absolute atomic E-state index is 0.279. The van der Waals surface area contributed by atoms with Crippen LogP contribution in [0.25, 0.3) is 0 Å².